The molecule has 0 aliphatic carbocycles. The van der Waals surface area contributed by atoms with Crippen molar-refractivity contribution in [2.75, 3.05) is 10.6 Å². The summed E-state index contributed by atoms with van der Waals surface area (Å²) in [5, 5.41) is 7.63. The standard InChI is InChI=1S/C20H19N7O4S/c1-11(28)22-13-6-4-12(5-7-13)14-9-32-19(23-14)24-15(29)8-27-10-21-17-16(27)18(30)26(3)20(31)25(17)2/h4-7,9-10H,8H2,1-3H3,(H,22,28)(H,23,24,29). The van der Waals surface area contributed by atoms with Crippen LogP contribution in [0, 0.1) is 0 Å². The van der Waals surface area contributed by atoms with Gasteiger partial charge in [-0.25, -0.2) is 14.8 Å². The van der Waals surface area contributed by atoms with Crippen molar-refractivity contribution in [3.8, 4) is 11.3 Å². The summed E-state index contributed by atoms with van der Waals surface area (Å²) < 4.78 is 3.64. The fourth-order valence-corrected chi connectivity index (χ4v) is 3.96. The van der Waals surface area contributed by atoms with Crippen LogP contribution in [-0.2, 0) is 30.2 Å². The van der Waals surface area contributed by atoms with Crippen molar-refractivity contribution in [3.63, 3.8) is 0 Å². The minimum absolute atomic E-state index is 0.151. The van der Waals surface area contributed by atoms with Crippen LogP contribution in [0.1, 0.15) is 6.92 Å². The van der Waals surface area contributed by atoms with Gasteiger partial charge in [-0.2, -0.15) is 0 Å². The lowest BCUT2D eigenvalue weighted by molar-refractivity contribution is -0.116. The minimum atomic E-state index is -0.521. The summed E-state index contributed by atoms with van der Waals surface area (Å²) >= 11 is 1.26. The number of aromatic nitrogens is 5. The summed E-state index contributed by atoms with van der Waals surface area (Å²) in [5.74, 6) is -0.538. The van der Waals surface area contributed by atoms with E-state index >= 15 is 0 Å². The smallest absolute Gasteiger partial charge is 0.326 e. The van der Waals surface area contributed by atoms with Crippen molar-refractivity contribution in [2.45, 2.75) is 13.5 Å². The fraction of sp³-hybridized carbons (Fsp3) is 0.200. The van der Waals surface area contributed by atoms with E-state index in [1.54, 1.807) is 17.5 Å². The molecular formula is C20H19N7O4S. The molecule has 0 spiro atoms. The summed E-state index contributed by atoms with van der Waals surface area (Å²) in [4.78, 5) is 56.7. The van der Waals surface area contributed by atoms with Gasteiger partial charge in [0.2, 0.25) is 11.8 Å². The molecule has 0 saturated heterocycles. The second kappa shape index (κ2) is 8.23. The van der Waals surface area contributed by atoms with E-state index in [4.69, 9.17) is 0 Å². The number of hydrogen-bond donors (Lipinski definition) is 2. The third-order valence-electron chi connectivity index (χ3n) is 4.78. The van der Waals surface area contributed by atoms with E-state index < -0.39 is 11.2 Å². The molecule has 1 aromatic carbocycles. The van der Waals surface area contributed by atoms with Crippen molar-refractivity contribution >= 4 is 45.1 Å². The average molecular weight is 453 g/mol. The fourth-order valence-electron chi connectivity index (χ4n) is 3.22. The normalized spacial score (nSPS) is 11.0. The molecule has 0 unspecified atom stereocenters. The molecule has 4 aromatic rings. The zero-order chi connectivity index (χ0) is 23.0. The number of thiazole rings is 1. The molecule has 12 heteroatoms. The minimum Gasteiger partial charge on any atom is -0.326 e. The van der Waals surface area contributed by atoms with Crippen molar-refractivity contribution in [3.05, 3.63) is 56.8 Å². The van der Waals surface area contributed by atoms with Gasteiger partial charge < -0.3 is 15.2 Å². The number of rotatable bonds is 5. The van der Waals surface area contributed by atoms with Gasteiger partial charge in [0.05, 0.1) is 12.0 Å². The van der Waals surface area contributed by atoms with E-state index in [1.165, 1.54) is 47.8 Å². The monoisotopic (exact) mass is 453 g/mol. The van der Waals surface area contributed by atoms with Gasteiger partial charge in [-0.05, 0) is 12.1 Å². The van der Waals surface area contributed by atoms with E-state index in [-0.39, 0.29) is 29.5 Å². The molecule has 0 fully saturated rings. The molecule has 3 aromatic heterocycles. The molecule has 164 valence electrons. The number of imidazole rings is 1. The number of anilines is 2. The highest BCUT2D eigenvalue weighted by atomic mass is 32.1. The number of nitrogens with one attached hydrogen (secondary N) is 2. The third kappa shape index (κ3) is 3.95. The third-order valence-corrected chi connectivity index (χ3v) is 5.54. The molecule has 32 heavy (non-hydrogen) atoms. The molecule has 0 aliphatic rings. The molecule has 2 amide bonds. The molecule has 0 bridgehead atoms. The Hall–Kier alpha value is -4.06. The number of carbonyl (C=O) groups is 2. The van der Waals surface area contributed by atoms with Crippen molar-refractivity contribution in [1.82, 2.24) is 23.7 Å². The molecule has 0 atom stereocenters. The van der Waals surface area contributed by atoms with Crippen molar-refractivity contribution < 1.29 is 9.59 Å². The van der Waals surface area contributed by atoms with Gasteiger partial charge in [0, 0.05) is 37.6 Å². The van der Waals surface area contributed by atoms with Gasteiger partial charge >= 0.3 is 5.69 Å². The van der Waals surface area contributed by atoms with Crippen LogP contribution in [0.2, 0.25) is 0 Å². The zero-order valence-corrected chi connectivity index (χ0v) is 18.3. The molecule has 0 saturated carbocycles. The Bertz CT molecular complexity index is 1460. The molecule has 11 nitrogen and oxygen atoms in total. The maximum Gasteiger partial charge on any atom is 0.332 e. The van der Waals surface area contributed by atoms with E-state index in [9.17, 15) is 19.2 Å². The van der Waals surface area contributed by atoms with Crippen LogP contribution in [0.25, 0.3) is 22.4 Å². The summed E-state index contributed by atoms with van der Waals surface area (Å²) in [6.45, 7) is 1.28. The second-order valence-electron chi connectivity index (χ2n) is 7.10. The summed E-state index contributed by atoms with van der Waals surface area (Å²) in [7, 11) is 2.89. The van der Waals surface area contributed by atoms with Gasteiger partial charge in [-0.15, -0.1) is 11.3 Å². The Labute approximate surface area is 185 Å². The Balaban J connectivity index is 1.50. The molecule has 4 rings (SSSR count). The predicted octanol–water partition coefficient (Wildman–Crippen LogP) is 1.15. The van der Waals surface area contributed by atoms with Crippen LogP contribution in [0.4, 0.5) is 10.8 Å². The molecule has 3 heterocycles. The first-order valence-corrected chi connectivity index (χ1v) is 10.4. The highest BCUT2D eigenvalue weighted by molar-refractivity contribution is 7.14. The first kappa shape index (κ1) is 21.2. The predicted molar refractivity (Wildman–Crippen MR) is 121 cm³/mol. The number of amides is 2. The lowest BCUT2D eigenvalue weighted by Gasteiger charge is -2.06. The number of benzene rings is 1. The van der Waals surface area contributed by atoms with Crippen molar-refractivity contribution in [1.29, 1.82) is 0 Å². The SMILES string of the molecule is CC(=O)Nc1ccc(-c2csc(NC(=O)Cn3cnc4c3c(=O)n(C)c(=O)n4C)n2)cc1. The largest absolute Gasteiger partial charge is 0.332 e. The summed E-state index contributed by atoms with van der Waals surface area (Å²) in [5.41, 5.74) is 1.57. The maximum absolute atomic E-state index is 12.6. The number of fused-ring (bicyclic) bond motifs is 1. The topological polar surface area (TPSA) is 133 Å². The Morgan fingerprint density at radius 3 is 2.47 bits per heavy atom. The number of aryl methyl sites for hydroxylation is 1. The van der Waals surface area contributed by atoms with Crippen LogP contribution < -0.4 is 21.9 Å². The highest BCUT2D eigenvalue weighted by Crippen LogP contribution is 2.26. The highest BCUT2D eigenvalue weighted by Gasteiger charge is 2.16. The first-order chi connectivity index (χ1) is 15.2. The molecule has 0 radical (unpaired) electrons. The van der Waals surface area contributed by atoms with Crippen LogP contribution >= 0.6 is 11.3 Å². The van der Waals surface area contributed by atoms with E-state index in [2.05, 4.69) is 20.6 Å². The molecule has 0 aliphatic heterocycles. The summed E-state index contributed by atoms with van der Waals surface area (Å²) in [6.07, 6.45) is 1.36. The van der Waals surface area contributed by atoms with Crippen LogP contribution in [0.15, 0.2) is 45.6 Å². The van der Waals surface area contributed by atoms with Gasteiger partial charge in [0.1, 0.15) is 6.54 Å². The van der Waals surface area contributed by atoms with Crippen LogP contribution in [-0.4, -0.2) is 35.5 Å². The van der Waals surface area contributed by atoms with Gasteiger partial charge in [0.25, 0.3) is 5.56 Å². The second-order valence-corrected chi connectivity index (χ2v) is 7.95. The van der Waals surface area contributed by atoms with E-state index in [0.717, 1.165) is 10.1 Å². The maximum atomic E-state index is 12.6. The Kier molecular flexibility index (Phi) is 5.45. The average Bonchev–Trinajstić information content (AvgIpc) is 3.38. The number of nitrogens with zero attached hydrogens (tertiary/aromatic N) is 5. The van der Waals surface area contributed by atoms with Crippen molar-refractivity contribution in [2.24, 2.45) is 14.1 Å². The lowest BCUT2D eigenvalue weighted by atomic mass is 10.1. The van der Waals surface area contributed by atoms with Gasteiger partial charge in [-0.1, -0.05) is 12.1 Å². The summed E-state index contributed by atoms with van der Waals surface area (Å²) in [6, 6.07) is 7.19. The van der Waals surface area contributed by atoms with Crippen LogP contribution in [0.3, 0.4) is 0 Å². The molecular weight excluding hydrogens is 434 g/mol. The van der Waals surface area contributed by atoms with Crippen LogP contribution in [0.5, 0.6) is 0 Å². The molecule has 2 N–H and O–H groups in total. The zero-order valence-electron chi connectivity index (χ0n) is 17.4. The Morgan fingerprint density at radius 2 is 1.78 bits per heavy atom. The van der Waals surface area contributed by atoms with Gasteiger partial charge in [-0.3, -0.25) is 23.5 Å². The number of hydrogen-bond acceptors (Lipinski definition) is 7. The Morgan fingerprint density at radius 1 is 1.06 bits per heavy atom. The van der Waals surface area contributed by atoms with Gasteiger partial charge in [0.15, 0.2) is 16.3 Å². The van der Waals surface area contributed by atoms with E-state index in [0.29, 0.717) is 16.5 Å². The quantitative estimate of drug-likeness (QED) is 0.466. The lowest BCUT2D eigenvalue weighted by Crippen LogP contribution is -2.37. The van der Waals surface area contributed by atoms with E-state index in [1.807, 2.05) is 12.1 Å². The first-order valence-electron chi connectivity index (χ1n) is 9.49. The number of carbonyl (C=O) groups excluding carboxylic acids is 2.